The maximum Gasteiger partial charge on any atom is 0.293 e. The van der Waals surface area contributed by atoms with Crippen LogP contribution in [0.2, 0.25) is 0 Å². The number of aromatic nitrogens is 1. The largest absolute Gasteiger partial charge is 0.342 e. The Hall–Kier alpha value is -3.39. The fraction of sp³-hybridized carbons (Fsp3) is 0.143. The van der Waals surface area contributed by atoms with Crippen molar-refractivity contribution in [2.24, 2.45) is 0 Å². The van der Waals surface area contributed by atoms with Gasteiger partial charge in [-0.2, -0.15) is 0 Å². The summed E-state index contributed by atoms with van der Waals surface area (Å²) < 4.78 is 2.03. The maximum absolute atomic E-state index is 12.4. The molecule has 1 aliphatic heterocycles. The first-order valence-corrected chi connectivity index (χ1v) is 9.86. The Morgan fingerprint density at radius 1 is 1.10 bits per heavy atom. The highest BCUT2D eigenvalue weighted by Gasteiger charge is 2.33. The first kappa shape index (κ1) is 18.9. The van der Waals surface area contributed by atoms with E-state index in [4.69, 9.17) is 0 Å². The van der Waals surface area contributed by atoms with E-state index in [2.05, 4.69) is 0 Å². The molecule has 1 aromatic heterocycles. The van der Waals surface area contributed by atoms with Crippen LogP contribution in [0.3, 0.4) is 0 Å². The van der Waals surface area contributed by atoms with E-state index >= 15 is 0 Å². The Bertz CT molecular complexity index is 1160. The van der Waals surface area contributed by atoms with Crippen LogP contribution in [-0.4, -0.2) is 32.1 Å². The molecule has 0 unspecified atom stereocenters. The van der Waals surface area contributed by atoms with Crippen molar-refractivity contribution in [2.45, 2.75) is 13.5 Å². The zero-order chi connectivity index (χ0) is 20.5. The highest BCUT2D eigenvalue weighted by Crippen LogP contribution is 2.34. The number of thioether (sulfide) groups is 1. The molecule has 29 heavy (non-hydrogen) atoms. The van der Waals surface area contributed by atoms with Gasteiger partial charge in [0.1, 0.15) is 0 Å². The topological polar surface area (TPSA) is 85.4 Å². The zero-order valence-corrected chi connectivity index (χ0v) is 16.4. The molecule has 2 heterocycles. The second kappa shape index (κ2) is 7.56. The van der Waals surface area contributed by atoms with Crippen LogP contribution < -0.4 is 0 Å². The number of para-hydroxylation sites is 1. The van der Waals surface area contributed by atoms with Crippen molar-refractivity contribution in [1.82, 2.24) is 9.47 Å². The molecule has 3 aromatic rings. The summed E-state index contributed by atoms with van der Waals surface area (Å²) in [5.41, 5.74) is 2.81. The van der Waals surface area contributed by atoms with Gasteiger partial charge in [0.15, 0.2) is 0 Å². The molecule has 8 heteroatoms. The van der Waals surface area contributed by atoms with Gasteiger partial charge in [-0.25, -0.2) is 0 Å². The Morgan fingerprint density at radius 2 is 1.83 bits per heavy atom. The molecule has 2 aromatic carbocycles. The minimum atomic E-state index is -0.420. The smallest absolute Gasteiger partial charge is 0.293 e. The third-order valence-electron chi connectivity index (χ3n) is 4.80. The molecule has 0 saturated carbocycles. The highest BCUT2D eigenvalue weighted by molar-refractivity contribution is 8.18. The van der Waals surface area contributed by atoms with E-state index in [1.54, 1.807) is 25.1 Å². The Balaban J connectivity index is 1.71. The molecular weight excluding hydrogens is 390 g/mol. The quantitative estimate of drug-likeness (QED) is 0.349. The first-order valence-electron chi connectivity index (χ1n) is 9.04. The van der Waals surface area contributed by atoms with E-state index in [-0.39, 0.29) is 16.8 Å². The first-order chi connectivity index (χ1) is 14.0. The van der Waals surface area contributed by atoms with Crippen LogP contribution in [0.15, 0.2) is 59.6 Å². The molecule has 1 fully saturated rings. The number of likely N-dealkylation sites (N-methyl/N-ethyl adjacent to an activating group) is 1. The van der Waals surface area contributed by atoms with E-state index in [1.165, 1.54) is 17.0 Å². The minimum Gasteiger partial charge on any atom is -0.342 e. The van der Waals surface area contributed by atoms with Gasteiger partial charge in [-0.3, -0.25) is 24.6 Å². The van der Waals surface area contributed by atoms with Crippen LogP contribution in [0.25, 0.3) is 17.0 Å². The van der Waals surface area contributed by atoms with E-state index in [9.17, 15) is 19.7 Å². The van der Waals surface area contributed by atoms with Crippen molar-refractivity contribution in [3.8, 4) is 0 Å². The molecule has 0 atom stereocenters. The van der Waals surface area contributed by atoms with Crippen LogP contribution in [-0.2, 0) is 11.3 Å². The Labute approximate surface area is 170 Å². The number of fused-ring (bicyclic) bond motifs is 1. The van der Waals surface area contributed by atoms with Crippen molar-refractivity contribution < 1.29 is 14.5 Å². The average Bonchev–Trinajstić information content (AvgIpc) is 3.19. The lowest BCUT2D eigenvalue weighted by Crippen LogP contribution is -2.27. The monoisotopic (exact) mass is 407 g/mol. The van der Waals surface area contributed by atoms with Crippen molar-refractivity contribution in [2.75, 3.05) is 6.54 Å². The summed E-state index contributed by atoms with van der Waals surface area (Å²) in [7, 11) is 0. The number of hydrogen-bond donors (Lipinski definition) is 0. The molecule has 0 bridgehead atoms. The number of hydrogen-bond acceptors (Lipinski definition) is 5. The molecule has 0 N–H and O–H groups in total. The number of nitrogens with zero attached hydrogens (tertiary/aromatic N) is 3. The van der Waals surface area contributed by atoms with Gasteiger partial charge in [-0.1, -0.05) is 30.3 Å². The van der Waals surface area contributed by atoms with Gasteiger partial charge in [0.25, 0.3) is 16.8 Å². The van der Waals surface area contributed by atoms with E-state index in [0.717, 1.165) is 33.8 Å². The van der Waals surface area contributed by atoms with Gasteiger partial charge in [0.2, 0.25) is 0 Å². The second-order valence-corrected chi connectivity index (χ2v) is 7.57. The summed E-state index contributed by atoms with van der Waals surface area (Å²) in [5.74, 6) is -0.269. The summed E-state index contributed by atoms with van der Waals surface area (Å²) in [6, 6.07) is 14.3. The molecule has 146 valence electrons. The van der Waals surface area contributed by atoms with Gasteiger partial charge >= 0.3 is 0 Å². The summed E-state index contributed by atoms with van der Waals surface area (Å²) in [5, 5.41) is 11.6. The number of benzene rings is 2. The summed E-state index contributed by atoms with van der Waals surface area (Å²) in [6.07, 6.45) is 3.70. The molecule has 0 spiro atoms. The van der Waals surface area contributed by atoms with Crippen LogP contribution >= 0.6 is 11.8 Å². The van der Waals surface area contributed by atoms with Crippen LogP contribution in [0.4, 0.5) is 10.5 Å². The van der Waals surface area contributed by atoms with Crippen molar-refractivity contribution in [3.63, 3.8) is 0 Å². The van der Waals surface area contributed by atoms with Gasteiger partial charge in [-0.05, 0) is 36.4 Å². The number of nitro groups is 1. The number of nitro benzene ring substituents is 1. The normalized spacial score (nSPS) is 15.6. The number of rotatable bonds is 5. The summed E-state index contributed by atoms with van der Waals surface area (Å²) in [6.45, 7) is 2.65. The number of carbonyl (C=O) groups excluding carboxylic acids is 2. The van der Waals surface area contributed by atoms with E-state index in [1.807, 2.05) is 35.0 Å². The van der Waals surface area contributed by atoms with Crippen molar-refractivity contribution in [3.05, 3.63) is 80.9 Å². The van der Waals surface area contributed by atoms with Crippen LogP contribution in [0, 0.1) is 10.1 Å². The molecule has 0 radical (unpaired) electrons. The summed E-state index contributed by atoms with van der Waals surface area (Å²) >= 11 is 0.953. The van der Waals surface area contributed by atoms with Gasteiger partial charge < -0.3 is 4.57 Å². The average molecular weight is 407 g/mol. The molecular formula is C21H17N3O4S. The lowest BCUT2D eigenvalue weighted by Gasteiger charge is -2.06. The number of imide groups is 1. The molecule has 2 amide bonds. The van der Waals surface area contributed by atoms with Crippen molar-refractivity contribution in [1.29, 1.82) is 0 Å². The van der Waals surface area contributed by atoms with Crippen LogP contribution in [0.1, 0.15) is 18.1 Å². The maximum atomic E-state index is 12.4. The molecule has 1 saturated heterocycles. The predicted octanol–water partition coefficient (Wildman–Crippen LogP) is 4.65. The predicted molar refractivity (Wildman–Crippen MR) is 112 cm³/mol. The highest BCUT2D eigenvalue weighted by atomic mass is 32.2. The minimum absolute atomic E-state index is 0.0541. The van der Waals surface area contributed by atoms with Gasteiger partial charge in [-0.15, -0.1) is 0 Å². The third-order valence-corrected chi connectivity index (χ3v) is 5.70. The standard InChI is InChI=1S/C21H17N3O4S/c1-2-23-20(25)19(29-21(23)26)11-15-13-22(18-6-4-3-5-17(15)18)12-14-7-9-16(10-8-14)24(27)28/h3-11,13H,2,12H2,1H3/b19-11+. The Morgan fingerprint density at radius 3 is 2.48 bits per heavy atom. The number of carbonyl (C=O) groups is 2. The fourth-order valence-electron chi connectivity index (χ4n) is 3.35. The number of amides is 2. The van der Waals surface area contributed by atoms with Gasteiger partial charge in [0, 0.05) is 47.9 Å². The Kier molecular flexibility index (Phi) is 4.94. The van der Waals surface area contributed by atoms with E-state index < -0.39 is 4.92 Å². The zero-order valence-electron chi connectivity index (χ0n) is 15.6. The SMILES string of the molecule is CCN1C(=O)S/C(=C/c2cn(Cc3ccc([N+](=O)[O-])cc3)c3ccccc23)C1=O. The summed E-state index contributed by atoms with van der Waals surface area (Å²) in [4.78, 5) is 36.5. The molecule has 4 rings (SSSR count). The van der Waals surface area contributed by atoms with Gasteiger partial charge in [0.05, 0.1) is 9.83 Å². The molecule has 1 aliphatic rings. The second-order valence-electron chi connectivity index (χ2n) is 6.58. The fourth-order valence-corrected chi connectivity index (χ4v) is 4.25. The third kappa shape index (κ3) is 3.54. The number of non-ortho nitro benzene ring substituents is 1. The molecule has 7 nitrogen and oxygen atoms in total. The molecule has 0 aliphatic carbocycles. The van der Waals surface area contributed by atoms with Crippen molar-refractivity contribution >= 4 is 45.6 Å². The lowest BCUT2D eigenvalue weighted by atomic mass is 10.1. The lowest BCUT2D eigenvalue weighted by molar-refractivity contribution is -0.384. The van der Waals surface area contributed by atoms with E-state index in [0.29, 0.717) is 18.0 Å². The van der Waals surface area contributed by atoms with Crippen LogP contribution in [0.5, 0.6) is 0 Å².